The Labute approximate surface area is 502 Å². The van der Waals surface area contributed by atoms with Crippen LogP contribution in [0.1, 0.15) is 112 Å². The summed E-state index contributed by atoms with van der Waals surface area (Å²) >= 11 is 0. The quantitative estimate of drug-likeness (QED) is 0.0575. The van der Waals surface area contributed by atoms with Crippen LogP contribution in [0, 0.1) is 16.7 Å². The first kappa shape index (κ1) is 67.0. The third-order valence-corrected chi connectivity index (χ3v) is 20.9. The molecule has 8 aliphatic rings. The van der Waals surface area contributed by atoms with Gasteiger partial charge in [-0.05, 0) is 85.3 Å². The van der Waals surface area contributed by atoms with E-state index < -0.39 is 187 Å². The van der Waals surface area contributed by atoms with E-state index >= 15 is 0 Å². The molecule has 24 heteroatoms. The average molecular weight is 1220 g/mol. The topological polar surface area (TPSA) is 336 Å². The van der Waals surface area contributed by atoms with Crippen LogP contribution in [-0.2, 0) is 71.2 Å². The highest BCUT2D eigenvalue weighted by Gasteiger charge is 2.82. The summed E-state index contributed by atoms with van der Waals surface area (Å²) in [4.78, 5) is 27.1. The molecule has 86 heavy (non-hydrogen) atoms. The molecule has 0 bridgehead atoms. The van der Waals surface area contributed by atoms with Gasteiger partial charge in [-0.3, -0.25) is 0 Å². The van der Waals surface area contributed by atoms with Gasteiger partial charge in [0.05, 0.1) is 54.2 Å². The maximum absolute atomic E-state index is 13.9. The third kappa shape index (κ3) is 11.7. The second-order valence-corrected chi connectivity index (χ2v) is 25.4. The first-order valence-electron chi connectivity index (χ1n) is 30.1. The molecule has 24 nitrogen and oxygen atoms in total. The molecule has 3 saturated carbocycles. The summed E-state index contributed by atoms with van der Waals surface area (Å²) in [6.07, 6.45) is -13.9. The van der Waals surface area contributed by atoms with Gasteiger partial charge in [0, 0.05) is 63.6 Å². The molecule has 484 valence electrons. The molecule has 0 aromatic heterocycles. The maximum atomic E-state index is 13.9. The van der Waals surface area contributed by atoms with Crippen LogP contribution in [0.4, 0.5) is 0 Å². The van der Waals surface area contributed by atoms with Crippen LogP contribution in [0.5, 0.6) is 0 Å². The smallest absolute Gasteiger partial charge is 0.333 e. The molecule has 9 N–H and O–H groups in total. The Kier molecular flexibility index (Phi) is 20.3. The zero-order chi connectivity index (χ0) is 62.6. The number of rotatable bonds is 18. The van der Waals surface area contributed by atoms with Gasteiger partial charge < -0.3 is 108 Å². The lowest BCUT2D eigenvalue weighted by molar-refractivity contribution is -0.373. The first-order valence-corrected chi connectivity index (χ1v) is 30.1. The summed E-state index contributed by atoms with van der Waals surface area (Å²) in [6.45, 7) is 12.8. The van der Waals surface area contributed by atoms with E-state index in [9.17, 15) is 55.5 Å². The predicted octanol–water partition coefficient (Wildman–Crippen LogP) is 1.78. The van der Waals surface area contributed by atoms with Crippen molar-refractivity contribution < 1.29 is 117 Å². The van der Waals surface area contributed by atoms with Gasteiger partial charge in [0.1, 0.15) is 83.9 Å². The molecule has 28 unspecified atom stereocenters. The fraction of sp³-hybridized carbons (Fsp3) is 0.774. The van der Waals surface area contributed by atoms with Crippen molar-refractivity contribution in [2.24, 2.45) is 16.7 Å². The van der Waals surface area contributed by atoms with Crippen molar-refractivity contribution in [1.29, 1.82) is 0 Å². The van der Waals surface area contributed by atoms with E-state index in [4.69, 9.17) is 61.6 Å². The minimum Gasteiger partial charge on any atom is -0.458 e. The van der Waals surface area contributed by atoms with E-state index in [-0.39, 0.29) is 44.9 Å². The number of methoxy groups -OCH3 is 3. The van der Waals surface area contributed by atoms with Crippen molar-refractivity contribution in [3.05, 3.63) is 65.8 Å². The van der Waals surface area contributed by atoms with Crippen LogP contribution >= 0.6 is 0 Å². The zero-order valence-electron chi connectivity index (χ0n) is 51.0. The van der Waals surface area contributed by atoms with Crippen LogP contribution in [0.2, 0.25) is 0 Å². The number of benzene rings is 1. The minimum atomic E-state index is -2.18. The molecular weight excluding hydrogens is 1130 g/mol. The van der Waals surface area contributed by atoms with Crippen LogP contribution in [0.25, 0.3) is 6.08 Å². The Balaban J connectivity index is 0.849. The number of hydrogen-bond acceptors (Lipinski definition) is 24. The summed E-state index contributed by atoms with van der Waals surface area (Å²) in [6, 6.07) is 9.14. The predicted molar refractivity (Wildman–Crippen MR) is 301 cm³/mol. The van der Waals surface area contributed by atoms with Crippen LogP contribution in [0.15, 0.2) is 60.2 Å². The van der Waals surface area contributed by atoms with Crippen molar-refractivity contribution in [2.75, 3.05) is 27.9 Å². The second-order valence-electron chi connectivity index (χ2n) is 25.4. The summed E-state index contributed by atoms with van der Waals surface area (Å²) in [5.41, 5.74) is -9.81. The van der Waals surface area contributed by atoms with Gasteiger partial charge in [-0.15, -0.1) is 0 Å². The highest BCUT2D eigenvalue weighted by molar-refractivity contribution is 5.88. The monoisotopic (exact) mass is 1220 g/mol. The highest BCUT2D eigenvalue weighted by atomic mass is 16.8. The van der Waals surface area contributed by atoms with Crippen molar-refractivity contribution in [3.63, 3.8) is 0 Å². The fourth-order valence-corrected chi connectivity index (χ4v) is 15.4. The van der Waals surface area contributed by atoms with E-state index in [0.29, 0.717) is 12.0 Å². The fourth-order valence-electron chi connectivity index (χ4n) is 15.4. The van der Waals surface area contributed by atoms with E-state index in [0.717, 1.165) is 5.56 Å². The van der Waals surface area contributed by atoms with E-state index in [1.54, 1.807) is 53.9 Å². The number of carbonyl (C=O) groups excluding carboxylic acids is 2. The molecule has 7 fully saturated rings. The molecular formula is C62H92O24. The number of esters is 2. The number of fused-ring (bicyclic) bond motifs is 5. The summed E-state index contributed by atoms with van der Waals surface area (Å²) in [5.74, 6) is -2.36. The number of hydrogen-bond donors (Lipinski definition) is 9. The summed E-state index contributed by atoms with van der Waals surface area (Å²) in [5, 5.41) is 105. The normalized spacial score (nSPS) is 48.2. The summed E-state index contributed by atoms with van der Waals surface area (Å²) in [7, 11) is 4.42. The molecule has 28 atom stereocenters. The lowest BCUT2D eigenvalue weighted by atomic mass is 9.41. The Hall–Kier alpha value is -3.42. The Morgan fingerprint density at radius 2 is 1.31 bits per heavy atom. The third-order valence-electron chi connectivity index (χ3n) is 20.9. The zero-order valence-corrected chi connectivity index (χ0v) is 51.0. The second kappa shape index (κ2) is 26.1. The molecule has 4 heterocycles. The van der Waals surface area contributed by atoms with Crippen LogP contribution in [-0.4, -0.2) is 237 Å². The lowest BCUT2D eigenvalue weighted by Crippen LogP contribution is -2.80. The molecule has 0 amide bonds. The Bertz CT molecular complexity index is 2590. The largest absolute Gasteiger partial charge is 0.458 e. The number of aliphatic hydroxyl groups is 9. The lowest BCUT2D eigenvalue weighted by Gasteiger charge is -2.68. The van der Waals surface area contributed by atoms with Gasteiger partial charge in [0.2, 0.25) is 0 Å². The molecule has 0 radical (unpaired) electrons. The number of carbonyl (C=O) groups is 2. The molecule has 4 aliphatic heterocycles. The molecule has 9 rings (SSSR count). The Morgan fingerprint density at radius 1 is 0.709 bits per heavy atom. The molecule has 4 aliphatic carbocycles. The SMILES string of the molecule is CC=C(C)C(=O)OC(C)C1(O)CCC2(O)C3(O)C=CC4(O)CC(OC5CC(OC)C(OC6CC(OC)C(OC7OC(C)C(OC8OC(CO)C(O)C(O)C8O)C(OC)C7O)C(C)O6)C(C)O5)CCC4(C)C3CC(OC(=O)C=Cc3ccccc3)C12C. The van der Waals surface area contributed by atoms with E-state index in [1.165, 1.54) is 39.4 Å². The number of allylic oxidation sites excluding steroid dienone is 1. The number of ether oxygens (including phenoxy) is 13. The van der Waals surface area contributed by atoms with Crippen molar-refractivity contribution in [2.45, 2.75) is 258 Å². The highest BCUT2D eigenvalue weighted by Crippen LogP contribution is 2.72. The molecule has 1 aromatic rings. The minimum absolute atomic E-state index is 0.0689. The van der Waals surface area contributed by atoms with Crippen LogP contribution < -0.4 is 0 Å². The van der Waals surface area contributed by atoms with E-state index in [2.05, 4.69) is 0 Å². The van der Waals surface area contributed by atoms with E-state index in [1.807, 2.05) is 44.2 Å². The van der Waals surface area contributed by atoms with Gasteiger partial charge in [0.15, 0.2) is 25.2 Å². The first-order chi connectivity index (χ1) is 40.6. The van der Waals surface area contributed by atoms with Gasteiger partial charge in [-0.1, -0.05) is 62.4 Å². The molecule has 4 saturated heterocycles. The van der Waals surface area contributed by atoms with Crippen LogP contribution in [0.3, 0.4) is 0 Å². The standard InChI is InChI=1S/C62H92O24/c1-12-31(2)54(69)80-35(6)60(71)24-25-62(73)58(60,8)42(83-43(64)19-18-36-16-14-13-15-17-36)28-41-57(7)21-20-37(29-59(57,70)22-23-61(41,62)72)81-44-26-38(74-9)50(32(3)77-44)84-45-27-39(75-10)51(33(4)78-45)85-56-49(68)53(76-11)52(34(5)79-56)86-55-48(67)47(66)46(65)40(30-63)82-55/h12-19,22-23,32-35,37-42,44-53,55-56,63,65-68,70-73H,20-21,24-30H2,1-11H3. The van der Waals surface area contributed by atoms with Gasteiger partial charge in [-0.2, -0.15) is 0 Å². The number of aliphatic hydroxyl groups excluding tert-OH is 5. The Morgan fingerprint density at radius 3 is 1.93 bits per heavy atom. The maximum Gasteiger partial charge on any atom is 0.333 e. The van der Waals surface area contributed by atoms with Crippen molar-refractivity contribution in [1.82, 2.24) is 0 Å². The average Bonchev–Trinajstić information content (AvgIpc) is 1.34. The van der Waals surface area contributed by atoms with Gasteiger partial charge in [0.25, 0.3) is 0 Å². The molecule has 1 aromatic carbocycles. The van der Waals surface area contributed by atoms with Crippen molar-refractivity contribution >= 4 is 18.0 Å². The van der Waals surface area contributed by atoms with Gasteiger partial charge >= 0.3 is 11.9 Å². The summed E-state index contributed by atoms with van der Waals surface area (Å²) < 4.78 is 80.1. The van der Waals surface area contributed by atoms with Crippen molar-refractivity contribution in [3.8, 4) is 0 Å². The van der Waals surface area contributed by atoms with Gasteiger partial charge in [-0.25, -0.2) is 9.59 Å². The molecule has 0 spiro atoms.